The molecule has 2 aromatic carbocycles. The monoisotopic (exact) mass is 356 g/mol. The molecule has 0 spiro atoms. The van der Waals surface area contributed by atoms with Crippen LogP contribution in [0.2, 0.25) is 0 Å². The standard InChI is InChI=1S/C21H13FN4O/c22-14-8-6-13(7-9-14)19-18(26-11-3-10-23-21(26)25-19)12-16-15-4-1-2-5-17(15)24-20(16)27/h1-12H,(H,24,27)/b16-12+. The van der Waals surface area contributed by atoms with Gasteiger partial charge in [-0.15, -0.1) is 0 Å². The number of anilines is 1. The number of hydrogen-bond acceptors (Lipinski definition) is 3. The van der Waals surface area contributed by atoms with Gasteiger partial charge in [0.25, 0.3) is 5.91 Å². The second-order valence-corrected chi connectivity index (χ2v) is 6.20. The third-order valence-corrected chi connectivity index (χ3v) is 4.55. The van der Waals surface area contributed by atoms with Crippen molar-refractivity contribution in [3.63, 3.8) is 0 Å². The minimum absolute atomic E-state index is 0.167. The minimum atomic E-state index is -0.315. The fraction of sp³-hybridized carbons (Fsp3) is 0. The van der Waals surface area contributed by atoms with Gasteiger partial charge in [-0.1, -0.05) is 18.2 Å². The van der Waals surface area contributed by atoms with E-state index in [2.05, 4.69) is 15.3 Å². The molecular weight excluding hydrogens is 343 g/mol. The Bertz CT molecular complexity index is 1220. The molecule has 0 aliphatic carbocycles. The second kappa shape index (κ2) is 5.88. The molecule has 0 atom stereocenters. The third kappa shape index (κ3) is 2.50. The molecule has 0 saturated heterocycles. The van der Waals surface area contributed by atoms with Crippen LogP contribution in [0.25, 0.3) is 28.7 Å². The number of aromatic nitrogens is 3. The summed E-state index contributed by atoms with van der Waals surface area (Å²) >= 11 is 0. The van der Waals surface area contributed by atoms with Crippen LogP contribution in [-0.4, -0.2) is 20.3 Å². The molecule has 1 aliphatic heterocycles. The third-order valence-electron chi connectivity index (χ3n) is 4.55. The van der Waals surface area contributed by atoms with Crippen LogP contribution in [0.4, 0.5) is 10.1 Å². The Hall–Kier alpha value is -3.80. The van der Waals surface area contributed by atoms with Gasteiger partial charge in [-0.25, -0.2) is 14.4 Å². The molecule has 2 aromatic heterocycles. The van der Waals surface area contributed by atoms with Crippen molar-refractivity contribution in [1.82, 2.24) is 14.4 Å². The van der Waals surface area contributed by atoms with E-state index in [0.29, 0.717) is 22.7 Å². The summed E-state index contributed by atoms with van der Waals surface area (Å²) < 4.78 is 15.2. The average Bonchev–Trinajstić information content (AvgIpc) is 3.21. The van der Waals surface area contributed by atoms with Gasteiger partial charge in [-0.05, 0) is 42.5 Å². The van der Waals surface area contributed by atoms with Crippen molar-refractivity contribution in [3.05, 3.63) is 84.1 Å². The summed E-state index contributed by atoms with van der Waals surface area (Å²) in [7, 11) is 0. The first-order valence-electron chi connectivity index (χ1n) is 8.42. The van der Waals surface area contributed by atoms with Crippen molar-refractivity contribution < 1.29 is 9.18 Å². The Morgan fingerprint density at radius 2 is 1.85 bits per heavy atom. The first-order valence-corrected chi connectivity index (χ1v) is 8.42. The van der Waals surface area contributed by atoms with E-state index >= 15 is 0 Å². The zero-order valence-corrected chi connectivity index (χ0v) is 14.1. The lowest BCUT2D eigenvalue weighted by atomic mass is 10.0. The number of amides is 1. The predicted octanol–water partition coefficient (Wildman–Crippen LogP) is 4.03. The van der Waals surface area contributed by atoms with Crippen LogP contribution in [0.15, 0.2) is 67.0 Å². The number of rotatable bonds is 2. The van der Waals surface area contributed by atoms with E-state index in [-0.39, 0.29) is 11.7 Å². The molecule has 3 heterocycles. The quantitative estimate of drug-likeness (QED) is 0.552. The average molecular weight is 356 g/mol. The molecule has 0 unspecified atom stereocenters. The number of nitrogens with zero attached hydrogens (tertiary/aromatic N) is 3. The molecule has 0 radical (unpaired) electrons. The zero-order chi connectivity index (χ0) is 18.4. The maximum absolute atomic E-state index is 13.3. The van der Waals surface area contributed by atoms with Gasteiger partial charge in [-0.2, -0.15) is 0 Å². The van der Waals surface area contributed by atoms with Crippen molar-refractivity contribution in [2.75, 3.05) is 5.32 Å². The number of halogens is 1. The summed E-state index contributed by atoms with van der Waals surface area (Å²) in [6.45, 7) is 0. The van der Waals surface area contributed by atoms with E-state index in [9.17, 15) is 9.18 Å². The molecule has 0 saturated carbocycles. The molecule has 6 heteroatoms. The van der Waals surface area contributed by atoms with Crippen molar-refractivity contribution in [2.24, 2.45) is 0 Å². The second-order valence-electron chi connectivity index (χ2n) is 6.20. The lowest BCUT2D eigenvalue weighted by Gasteiger charge is -2.03. The maximum atomic E-state index is 13.3. The van der Waals surface area contributed by atoms with Crippen molar-refractivity contribution in [2.45, 2.75) is 0 Å². The van der Waals surface area contributed by atoms with Crippen LogP contribution in [0.3, 0.4) is 0 Å². The maximum Gasteiger partial charge on any atom is 0.256 e. The van der Waals surface area contributed by atoms with Gasteiger partial charge in [0, 0.05) is 29.2 Å². The van der Waals surface area contributed by atoms with Crippen LogP contribution >= 0.6 is 0 Å². The molecule has 1 aliphatic rings. The lowest BCUT2D eigenvalue weighted by molar-refractivity contribution is -0.110. The Balaban J connectivity index is 1.77. The van der Waals surface area contributed by atoms with Gasteiger partial charge < -0.3 is 5.32 Å². The zero-order valence-electron chi connectivity index (χ0n) is 14.1. The van der Waals surface area contributed by atoms with Gasteiger partial charge in [0.15, 0.2) is 0 Å². The van der Waals surface area contributed by atoms with Crippen molar-refractivity contribution in [1.29, 1.82) is 0 Å². The Labute approximate surface area is 153 Å². The molecule has 4 aromatic rings. The number of hydrogen-bond donors (Lipinski definition) is 1. The SMILES string of the molecule is O=C1Nc2ccccc2/C1=C\c1c(-c2ccc(F)cc2)nc2ncccn12. The smallest absolute Gasteiger partial charge is 0.256 e. The molecule has 0 bridgehead atoms. The molecule has 27 heavy (non-hydrogen) atoms. The fourth-order valence-corrected chi connectivity index (χ4v) is 3.28. The van der Waals surface area contributed by atoms with E-state index in [1.165, 1.54) is 12.1 Å². The summed E-state index contributed by atoms with van der Waals surface area (Å²) in [6, 6.07) is 15.5. The van der Waals surface area contributed by atoms with E-state index in [4.69, 9.17) is 0 Å². The summed E-state index contributed by atoms with van der Waals surface area (Å²) in [5.41, 5.74) is 4.28. The molecule has 1 amide bonds. The number of fused-ring (bicyclic) bond motifs is 2. The lowest BCUT2D eigenvalue weighted by Crippen LogP contribution is -2.04. The molecular formula is C21H13FN4O. The van der Waals surface area contributed by atoms with Crippen molar-refractivity contribution in [3.8, 4) is 11.3 Å². The Morgan fingerprint density at radius 1 is 1.04 bits per heavy atom. The minimum Gasteiger partial charge on any atom is -0.321 e. The van der Waals surface area contributed by atoms with Crippen LogP contribution < -0.4 is 5.32 Å². The predicted molar refractivity (Wildman–Crippen MR) is 101 cm³/mol. The molecule has 1 N–H and O–H groups in total. The van der Waals surface area contributed by atoms with E-state index in [1.54, 1.807) is 24.4 Å². The van der Waals surface area contributed by atoms with E-state index in [0.717, 1.165) is 16.8 Å². The van der Waals surface area contributed by atoms with Crippen LogP contribution in [0.5, 0.6) is 0 Å². The fourth-order valence-electron chi connectivity index (χ4n) is 3.28. The van der Waals surface area contributed by atoms with Gasteiger partial charge in [0.2, 0.25) is 5.78 Å². The van der Waals surface area contributed by atoms with E-state index in [1.807, 2.05) is 40.9 Å². The highest BCUT2D eigenvalue weighted by Gasteiger charge is 2.25. The molecule has 5 nitrogen and oxygen atoms in total. The van der Waals surface area contributed by atoms with E-state index < -0.39 is 0 Å². The highest BCUT2D eigenvalue weighted by Crippen LogP contribution is 2.34. The van der Waals surface area contributed by atoms with Gasteiger partial charge in [0.1, 0.15) is 5.82 Å². The van der Waals surface area contributed by atoms with Crippen LogP contribution in [-0.2, 0) is 4.79 Å². The number of benzene rings is 2. The Morgan fingerprint density at radius 3 is 2.70 bits per heavy atom. The number of carbonyl (C=O) groups is 1. The molecule has 0 fully saturated rings. The van der Waals surface area contributed by atoms with Crippen molar-refractivity contribution >= 4 is 29.0 Å². The Kier molecular flexibility index (Phi) is 3.36. The molecule has 130 valence electrons. The number of carbonyl (C=O) groups excluding carboxylic acids is 1. The first kappa shape index (κ1) is 15.5. The summed E-state index contributed by atoms with van der Waals surface area (Å²) in [4.78, 5) is 21.4. The summed E-state index contributed by atoms with van der Waals surface area (Å²) in [6.07, 6.45) is 5.31. The number of imidazole rings is 1. The highest BCUT2D eigenvalue weighted by atomic mass is 19.1. The summed E-state index contributed by atoms with van der Waals surface area (Å²) in [5, 5.41) is 2.87. The van der Waals surface area contributed by atoms with Crippen LogP contribution in [0, 0.1) is 5.82 Å². The number of nitrogens with one attached hydrogen (secondary N) is 1. The molecule has 5 rings (SSSR count). The topological polar surface area (TPSA) is 59.3 Å². The highest BCUT2D eigenvalue weighted by molar-refractivity contribution is 6.35. The number of para-hydroxylation sites is 1. The largest absolute Gasteiger partial charge is 0.321 e. The first-order chi connectivity index (χ1) is 13.2. The van der Waals surface area contributed by atoms with Crippen LogP contribution in [0.1, 0.15) is 11.3 Å². The normalized spacial score (nSPS) is 14.6. The summed E-state index contributed by atoms with van der Waals surface area (Å²) in [5.74, 6) is 0.0279. The van der Waals surface area contributed by atoms with Gasteiger partial charge >= 0.3 is 0 Å². The van der Waals surface area contributed by atoms with Gasteiger partial charge in [0.05, 0.1) is 17.0 Å². The van der Waals surface area contributed by atoms with Gasteiger partial charge in [-0.3, -0.25) is 9.20 Å².